The van der Waals surface area contributed by atoms with Gasteiger partial charge in [-0.1, -0.05) is 23.3 Å². The van der Waals surface area contributed by atoms with Gasteiger partial charge in [0, 0.05) is 0 Å². The molecule has 106 valence electrons. The van der Waals surface area contributed by atoms with E-state index in [0.717, 1.165) is 4.68 Å². The molecule has 2 rings (SSSR count). The van der Waals surface area contributed by atoms with Gasteiger partial charge in [0.1, 0.15) is 0 Å². The maximum absolute atomic E-state index is 12.1. The number of tetrazole rings is 1. The van der Waals surface area contributed by atoms with E-state index in [4.69, 9.17) is 0 Å². The van der Waals surface area contributed by atoms with Gasteiger partial charge in [0.05, 0.1) is 12.3 Å². The lowest BCUT2D eigenvalue weighted by molar-refractivity contribution is -0.139. The summed E-state index contributed by atoms with van der Waals surface area (Å²) in [6.07, 6.45) is 0. The van der Waals surface area contributed by atoms with E-state index in [1.807, 2.05) is 0 Å². The van der Waals surface area contributed by atoms with Gasteiger partial charge in [-0.3, -0.25) is 4.79 Å². The van der Waals surface area contributed by atoms with E-state index in [2.05, 4.69) is 20.3 Å². The van der Waals surface area contributed by atoms with Gasteiger partial charge >= 0.3 is 5.97 Å². The summed E-state index contributed by atoms with van der Waals surface area (Å²) in [6, 6.07) is 8.53. The van der Waals surface area contributed by atoms with Crippen LogP contribution in [-0.4, -0.2) is 47.0 Å². The minimum atomic E-state index is -3.96. The minimum Gasteiger partial charge on any atom is -0.465 e. The van der Waals surface area contributed by atoms with E-state index < -0.39 is 26.7 Å². The Kier molecular flexibility index (Phi) is 4.08. The Morgan fingerprint density at radius 3 is 2.65 bits per heavy atom. The minimum absolute atomic E-state index is 0.109. The van der Waals surface area contributed by atoms with Crippen LogP contribution in [0.3, 0.4) is 0 Å². The first-order valence-electron chi connectivity index (χ1n) is 5.77. The fraction of sp³-hybridized carbons (Fsp3) is 0.273. The van der Waals surface area contributed by atoms with Crippen LogP contribution < -0.4 is 0 Å². The predicted molar refractivity (Wildman–Crippen MR) is 67.8 cm³/mol. The fourth-order valence-corrected chi connectivity index (χ4v) is 2.62. The predicted octanol–water partition coefficient (Wildman–Crippen LogP) is -0.000900. The van der Waals surface area contributed by atoms with Gasteiger partial charge in [-0.15, -0.1) is 0 Å². The summed E-state index contributed by atoms with van der Waals surface area (Å²) in [4.78, 5) is 11.3. The van der Waals surface area contributed by atoms with Crippen LogP contribution >= 0.6 is 0 Å². The quantitative estimate of drug-likeness (QED) is 0.715. The van der Waals surface area contributed by atoms with E-state index in [0.29, 0.717) is 5.69 Å². The number of esters is 1. The topological polar surface area (TPSA) is 104 Å². The number of nitrogens with zero attached hydrogens (tertiary/aromatic N) is 4. The summed E-state index contributed by atoms with van der Waals surface area (Å²) in [5, 5.41) is 10.1. The molecule has 0 bridgehead atoms. The summed E-state index contributed by atoms with van der Waals surface area (Å²) < 4.78 is 29.9. The monoisotopic (exact) mass is 296 g/mol. The van der Waals surface area contributed by atoms with Gasteiger partial charge in [-0.05, 0) is 29.5 Å². The van der Waals surface area contributed by atoms with Crippen molar-refractivity contribution >= 4 is 15.8 Å². The summed E-state index contributed by atoms with van der Waals surface area (Å²) in [7, 11) is -3.96. The lowest BCUT2D eigenvalue weighted by Gasteiger charge is -2.05. The molecule has 0 saturated heterocycles. The number of sulfone groups is 1. The molecule has 8 nitrogen and oxygen atoms in total. The van der Waals surface area contributed by atoms with Crippen LogP contribution in [0.15, 0.2) is 35.5 Å². The van der Waals surface area contributed by atoms with Crippen molar-refractivity contribution in [2.75, 3.05) is 12.4 Å². The van der Waals surface area contributed by atoms with Crippen molar-refractivity contribution < 1.29 is 17.9 Å². The van der Waals surface area contributed by atoms with Crippen molar-refractivity contribution in [2.24, 2.45) is 0 Å². The zero-order chi connectivity index (χ0) is 14.6. The van der Waals surface area contributed by atoms with Crippen LogP contribution in [0.1, 0.15) is 6.92 Å². The number of carbonyl (C=O) groups excluding carboxylic acids is 1. The first-order valence-corrected chi connectivity index (χ1v) is 7.42. The highest BCUT2D eigenvalue weighted by Crippen LogP contribution is 2.13. The zero-order valence-electron chi connectivity index (χ0n) is 10.6. The summed E-state index contributed by atoms with van der Waals surface area (Å²) in [6.45, 7) is 1.70. The number of hydrogen-bond donors (Lipinski definition) is 0. The molecule has 0 N–H and O–H groups in total. The average Bonchev–Trinajstić information content (AvgIpc) is 2.89. The van der Waals surface area contributed by atoms with E-state index >= 15 is 0 Å². The number of hydrogen-bond acceptors (Lipinski definition) is 7. The maximum atomic E-state index is 12.1. The second-order valence-corrected chi connectivity index (χ2v) is 5.66. The average molecular weight is 296 g/mol. The number of rotatable bonds is 5. The highest BCUT2D eigenvalue weighted by atomic mass is 32.2. The molecule has 20 heavy (non-hydrogen) atoms. The Balaban J connectivity index is 2.35. The van der Waals surface area contributed by atoms with E-state index in [1.54, 1.807) is 37.3 Å². The van der Waals surface area contributed by atoms with Crippen molar-refractivity contribution in [3.05, 3.63) is 30.3 Å². The second-order valence-electron chi connectivity index (χ2n) is 3.77. The van der Waals surface area contributed by atoms with Gasteiger partial charge in [-0.2, -0.15) is 4.68 Å². The Bertz CT molecular complexity index is 696. The molecule has 0 atom stereocenters. The van der Waals surface area contributed by atoms with E-state index in [9.17, 15) is 13.2 Å². The van der Waals surface area contributed by atoms with Gasteiger partial charge in [-0.25, -0.2) is 8.42 Å². The van der Waals surface area contributed by atoms with Gasteiger partial charge in [0.15, 0.2) is 5.75 Å². The molecule has 0 aliphatic rings. The first-order chi connectivity index (χ1) is 9.54. The molecule has 0 spiro atoms. The number of para-hydroxylation sites is 1. The van der Waals surface area contributed by atoms with Gasteiger partial charge in [0.2, 0.25) is 9.84 Å². The molecule has 1 aromatic carbocycles. The third kappa shape index (κ3) is 2.99. The van der Waals surface area contributed by atoms with Crippen LogP contribution in [0.2, 0.25) is 0 Å². The van der Waals surface area contributed by atoms with E-state index in [-0.39, 0.29) is 6.61 Å². The van der Waals surface area contributed by atoms with Gasteiger partial charge < -0.3 is 4.74 Å². The molecule has 0 amide bonds. The Morgan fingerprint density at radius 1 is 1.30 bits per heavy atom. The normalized spacial score (nSPS) is 11.2. The fourth-order valence-electron chi connectivity index (χ4n) is 1.53. The molecule has 0 aliphatic heterocycles. The summed E-state index contributed by atoms with van der Waals surface area (Å²) in [5.41, 5.74) is 0.486. The van der Waals surface area contributed by atoms with Gasteiger partial charge in [0.25, 0.3) is 5.16 Å². The lowest BCUT2D eigenvalue weighted by Crippen LogP contribution is -2.21. The maximum Gasteiger partial charge on any atom is 0.321 e. The first kappa shape index (κ1) is 14.1. The number of benzene rings is 1. The van der Waals surface area contributed by atoms with Crippen molar-refractivity contribution in [3.8, 4) is 5.69 Å². The van der Waals surface area contributed by atoms with Crippen LogP contribution in [0.4, 0.5) is 0 Å². The molecule has 0 fully saturated rings. The lowest BCUT2D eigenvalue weighted by atomic mass is 10.3. The highest BCUT2D eigenvalue weighted by molar-refractivity contribution is 7.91. The molecule has 1 aromatic heterocycles. The SMILES string of the molecule is CCOC(=O)CS(=O)(=O)c1nnnn1-c1ccccc1. The standard InChI is InChI=1S/C11H12N4O4S/c1-2-19-10(16)8-20(17,18)11-12-13-14-15(11)9-6-4-3-5-7-9/h3-7H,2,8H2,1H3. The molecular formula is C11H12N4O4S. The Labute approximate surface area is 115 Å². The number of carbonyl (C=O) groups is 1. The Morgan fingerprint density at radius 2 is 2.00 bits per heavy atom. The summed E-state index contributed by atoms with van der Waals surface area (Å²) in [5.74, 6) is -1.64. The summed E-state index contributed by atoms with van der Waals surface area (Å²) >= 11 is 0. The van der Waals surface area contributed by atoms with Crippen LogP contribution in [0.5, 0.6) is 0 Å². The molecule has 0 radical (unpaired) electrons. The second kappa shape index (κ2) is 5.78. The van der Waals surface area contributed by atoms with Crippen molar-refractivity contribution in [1.82, 2.24) is 20.2 Å². The Hall–Kier alpha value is -2.29. The molecule has 0 unspecified atom stereocenters. The molecule has 0 aliphatic carbocycles. The molecule has 0 saturated carbocycles. The largest absolute Gasteiger partial charge is 0.465 e. The smallest absolute Gasteiger partial charge is 0.321 e. The van der Waals surface area contributed by atoms with Crippen LogP contribution in [0, 0.1) is 0 Å². The third-order valence-electron chi connectivity index (χ3n) is 2.33. The zero-order valence-corrected chi connectivity index (χ0v) is 11.4. The van der Waals surface area contributed by atoms with Crippen molar-refractivity contribution in [3.63, 3.8) is 0 Å². The molecule has 1 heterocycles. The highest BCUT2D eigenvalue weighted by Gasteiger charge is 2.27. The third-order valence-corrected chi connectivity index (χ3v) is 3.76. The number of aromatic nitrogens is 4. The van der Waals surface area contributed by atoms with Crippen LogP contribution in [-0.2, 0) is 19.4 Å². The molecule has 2 aromatic rings. The van der Waals surface area contributed by atoms with Crippen LogP contribution in [0.25, 0.3) is 5.69 Å². The van der Waals surface area contributed by atoms with Crippen molar-refractivity contribution in [1.29, 1.82) is 0 Å². The van der Waals surface area contributed by atoms with Crippen molar-refractivity contribution in [2.45, 2.75) is 12.1 Å². The molecular weight excluding hydrogens is 284 g/mol. The number of ether oxygens (including phenoxy) is 1. The van der Waals surface area contributed by atoms with E-state index in [1.165, 1.54) is 0 Å². The molecule has 9 heteroatoms.